The van der Waals surface area contributed by atoms with Crippen LogP contribution in [0.15, 0.2) is 18.3 Å². The van der Waals surface area contributed by atoms with Gasteiger partial charge in [0.2, 0.25) is 0 Å². The summed E-state index contributed by atoms with van der Waals surface area (Å²) in [6.07, 6.45) is 9.28. The highest BCUT2D eigenvalue weighted by Gasteiger charge is 1.96. The molecule has 1 aromatic rings. The molecule has 0 aliphatic rings. The zero-order valence-corrected chi connectivity index (χ0v) is 10.7. The first-order valence-electron chi connectivity index (χ1n) is 6.55. The van der Waals surface area contributed by atoms with Gasteiger partial charge in [0.15, 0.2) is 0 Å². The largest absolute Gasteiger partial charge is 0.492 e. The molecule has 0 saturated heterocycles. The molecule has 96 valence electrons. The molecule has 0 radical (unpaired) electrons. The van der Waals surface area contributed by atoms with Gasteiger partial charge in [0.1, 0.15) is 5.75 Å². The van der Waals surface area contributed by atoms with Crippen LogP contribution in [0.25, 0.3) is 0 Å². The molecule has 17 heavy (non-hydrogen) atoms. The first kappa shape index (κ1) is 14.0. The molecule has 0 unspecified atom stereocenters. The lowest BCUT2D eigenvalue weighted by Crippen LogP contribution is -1.98. The lowest BCUT2D eigenvalue weighted by molar-refractivity contribution is 0.275. The van der Waals surface area contributed by atoms with Crippen LogP contribution in [-0.4, -0.2) is 16.7 Å². The summed E-state index contributed by atoms with van der Waals surface area (Å²) in [5, 5.41) is 8.84. The molecule has 1 aromatic heterocycles. The molecule has 1 N–H and O–H groups in total. The van der Waals surface area contributed by atoms with Crippen LogP contribution in [0.3, 0.4) is 0 Å². The van der Waals surface area contributed by atoms with Crippen molar-refractivity contribution in [2.75, 3.05) is 6.61 Å². The van der Waals surface area contributed by atoms with E-state index in [2.05, 4.69) is 11.9 Å². The minimum atomic E-state index is -0.0162. The molecule has 1 heterocycles. The van der Waals surface area contributed by atoms with Crippen molar-refractivity contribution in [1.29, 1.82) is 0 Å². The SMILES string of the molecule is CCCCCCCCOc1ccc(CO)nc1. The van der Waals surface area contributed by atoms with Gasteiger partial charge in [0.05, 0.1) is 25.1 Å². The number of aliphatic hydroxyl groups is 1. The van der Waals surface area contributed by atoms with E-state index in [0.717, 1.165) is 18.8 Å². The molecule has 0 fully saturated rings. The van der Waals surface area contributed by atoms with Crippen LogP contribution in [-0.2, 0) is 6.61 Å². The predicted molar refractivity (Wildman–Crippen MR) is 69.0 cm³/mol. The summed E-state index contributed by atoms with van der Waals surface area (Å²) in [5.41, 5.74) is 0.678. The minimum absolute atomic E-state index is 0.0162. The van der Waals surface area contributed by atoms with Crippen molar-refractivity contribution in [2.45, 2.75) is 52.1 Å². The second kappa shape index (κ2) is 8.99. The summed E-state index contributed by atoms with van der Waals surface area (Å²) in [6, 6.07) is 3.65. The summed E-state index contributed by atoms with van der Waals surface area (Å²) in [6.45, 7) is 2.97. The van der Waals surface area contributed by atoms with Crippen molar-refractivity contribution >= 4 is 0 Å². The lowest BCUT2D eigenvalue weighted by Gasteiger charge is -2.06. The Morgan fingerprint density at radius 2 is 1.88 bits per heavy atom. The fourth-order valence-corrected chi connectivity index (χ4v) is 1.66. The van der Waals surface area contributed by atoms with Crippen molar-refractivity contribution in [3.05, 3.63) is 24.0 Å². The Morgan fingerprint density at radius 1 is 1.12 bits per heavy atom. The molecule has 0 saturated carbocycles. The molecule has 0 aromatic carbocycles. The van der Waals surface area contributed by atoms with Crippen LogP contribution < -0.4 is 4.74 Å². The summed E-state index contributed by atoms with van der Waals surface area (Å²) < 4.78 is 5.57. The summed E-state index contributed by atoms with van der Waals surface area (Å²) in [7, 11) is 0. The zero-order valence-electron chi connectivity index (χ0n) is 10.7. The van der Waals surface area contributed by atoms with E-state index in [-0.39, 0.29) is 6.61 Å². The molecule has 0 spiro atoms. The molecule has 0 aliphatic carbocycles. The number of ether oxygens (including phenoxy) is 1. The molecular formula is C14H23NO2. The maximum atomic E-state index is 8.84. The van der Waals surface area contributed by atoms with Gasteiger partial charge in [-0.15, -0.1) is 0 Å². The highest BCUT2D eigenvalue weighted by molar-refractivity contribution is 5.19. The number of hydrogen-bond acceptors (Lipinski definition) is 3. The van der Waals surface area contributed by atoms with Gasteiger partial charge < -0.3 is 9.84 Å². The predicted octanol–water partition coefficient (Wildman–Crippen LogP) is 3.31. The van der Waals surface area contributed by atoms with Gasteiger partial charge >= 0.3 is 0 Å². The molecule has 3 heteroatoms. The summed E-state index contributed by atoms with van der Waals surface area (Å²) >= 11 is 0. The Balaban J connectivity index is 2.05. The van der Waals surface area contributed by atoms with E-state index >= 15 is 0 Å². The molecule has 0 atom stereocenters. The standard InChI is InChI=1S/C14H23NO2/c1-2-3-4-5-6-7-10-17-14-9-8-13(12-16)15-11-14/h8-9,11,16H,2-7,10,12H2,1H3. The Hall–Kier alpha value is -1.09. The second-order valence-electron chi connectivity index (χ2n) is 4.26. The number of aliphatic hydroxyl groups excluding tert-OH is 1. The number of aromatic nitrogens is 1. The smallest absolute Gasteiger partial charge is 0.137 e. The third-order valence-corrected chi connectivity index (χ3v) is 2.73. The van der Waals surface area contributed by atoms with Gasteiger partial charge in [-0.3, -0.25) is 4.98 Å². The van der Waals surface area contributed by atoms with Crippen LogP contribution in [0.5, 0.6) is 5.75 Å². The topological polar surface area (TPSA) is 42.4 Å². The fraction of sp³-hybridized carbons (Fsp3) is 0.643. The first-order valence-corrected chi connectivity index (χ1v) is 6.55. The van der Waals surface area contributed by atoms with Crippen LogP contribution in [0.4, 0.5) is 0 Å². The van der Waals surface area contributed by atoms with E-state index in [1.165, 1.54) is 32.1 Å². The van der Waals surface area contributed by atoms with Gasteiger partial charge in [-0.25, -0.2) is 0 Å². The minimum Gasteiger partial charge on any atom is -0.492 e. The molecule has 1 rings (SSSR count). The first-order chi connectivity index (χ1) is 8.36. The average Bonchev–Trinajstić information content (AvgIpc) is 2.38. The number of nitrogens with zero attached hydrogens (tertiary/aromatic N) is 1. The maximum Gasteiger partial charge on any atom is 0.137 e. The third-order valence-electron chi connectivity index (χ3n) is 2.73. The number of rotatable bonds is 9. The maximum absolute atomic E-state index is 8.84. The van der Waals surface area contributed by atoms with Gasteiger partial charge in [-0.05, 0) is 18.6 Å². The van der Waals surface area contributed by atoms with Gasteiger partial charge in [0.25, 0.3) is 0 Å². The Labute approximate surface area is 104 Å². The van der Waals surface area contributed by atoms with Crippen molar-refractivity contribution < 1.29 is 9.84 Å². The Kier molecular flexibility index (Phi) is 7.39. The normalized spacial score (nSPS) is 10.5. The van der Waals surface area contributed by atoms with E-state index < -0.39 is 0 Å². The van der Waals surface area contributed by atoms with Crippen LogP contribution in [0, 0.1) is 0 Å². The van der Waals surface area contributed by atoms with Crippen LogP contribution >= 0.6 is 0 Å². The van der Waals surface area contributed by atoms with Gasteiger partial charge in [-0.2, -0.15) is 0 Å². The van der Waals surface area contributed by atoms with E-state index in [0.29, 0.717) is 5.69 Å². The molecule has 0 amide bonds. The van der Waals surface area contributed by atoms with Crippen molar-refractivity contribution in [3.63, 3.8) is 0 Å². The highest BCUT2D eigenvalue weighted by Crippen LogP contribution is 2.11. The van der Waals surface area contributed by atoms with Crippen molar-refractivity contribution in [1.82, 2.24) is 4.98 Å². The molecule has 0 bridgehead atoms. The number of unbranched alkanes of at least 4 members (excludes halogenated alkanes) is 5. The van der Waals surface area contributed by atoms with E-state index in [1.54, 1.807) is 12.3 Å². The quantitative estimate of drug-likeness (QED) is 0.670. The number of pyridine rings is 1. The molecule has 0 aliphatic heterocycles. The van der Waals surface area contributed by atoms with Crippen LogP contribution in [0.1, 0.15) is 51.1 Å². The third kappa shape index (κ3) is 6.27. The summed E-state index contributed by atoms with van der Waals surface area (Å²) in [4.78, 5) is 4.06. The van der Waals surface area contributed by atoms with Gasteiger partial charge in [0, 0.05) is 0 Å². The zero-order chi connectivity index (χ0) is 12.3. The second-order valence-corrected chi connectivity index (χ2v) is 4.26. The lowest BCUT2D eigenvalue weighted by atomic mass is 10.1. The fourth-order valence-electron chi connectivity index (χ4n) is 1.66. The number of hydrogen-bond donors (Lipinski definition) is 1. The van der Waals surface area contributed by atoms with E-state index in [9.17, 15) is 0 Å². The van der Waals surface area contributed by atoms with Crippen LogP contribution in [0.2, 0.25) is 0 Å². The van der Waals surface area contributed by atoms with Crippen molar-refractivity contribution in [2.24, 2.45) is 0 Å². The van der Waals surface area contributed by atoms with E-state index in [4.69, 9.17) is 9.84 Å². The monoisotopic (exact) mass is 237 g/mol. The molecule has 3 nitrogen and oxygen atoms in total. The Bertz CT molecular complexity index is 285. The van der Waals surface area contributed by atoms with Crippen molar-refractivity contribution in [3.8, 4) is 5.75 Å². The summed E-state index contributed by atoms with van der Waals surface area (Å²) in [5.74, 6) is 0.788. The Morgan fingerprint density at radius 3 is 2.53 bits per heavy atom. The average molecular weight is 237 g/mol. The highest BCUT2D eigenvalue weighted by atomic mass is 16.5. The van der Waals surface area contributed by atoms with E-state index in [1.807, 2.05) is 6.07 Å². The van der Waals surface area contributed by atoms with Gasteiger partial charge in [-0.1, -0.05) is 39.0 Å². The molecular weight excluding hydrogens is 214 g/mol.